The normalized spacial score (nSPS) is 11.4. The molecule has 220 valence electrons. The molecule has 0 spiro atoms. The Morgan fingerprint density at radius 3 is 1.72 bits per heavy atom. The molecule has 0 aliphatic carbocycles. The molecule has 0 fully saturated rings. The molecule has 4 aromatic heterocycles. The molecule has 9 aromatic rings. The highest BCUT2D eigenvalue weighted by atomic mass is 32.1. The third-order valence-electron chi connectivity index (χ3n) is 8.36. The molecule has 9 rings (SSSR count). The Morgan fingerprint density at radius 1 is 0.383 bits per heavy atom. The number of fused-ring (bicyclic) bond motifs is 4. The van der Waals surface area contributed by atoms with E-state index in [0.29, 0.717) is 17.5 Å². The van der Waals surface area contributed by atoms with Gasteiger partial charge < -0.3 is 0 Å². The summed E-state index contributed by atoms with van der Waals surface area (Å²) in [7, 11) is 0. The van der Waals surface area contributed by atoms with Crippen molar-refractivity contribution in [1.82, 2.24) is 24.9 Å². The standard InChI is InChI=1S/C41H25N5S/c1-3-12-26(13-4-1)39-44-40(27-14-5-2-6-15-27)46-41(45-39)30-18-11-17-29(22-30)38-31-19-8-7-16-28(31)23-35(43-38)34-24-33-32-20-9-10-21-36(32)47-37(33)25-42-34/h1-25H. The number of rotatable bonds is 5. The van der Waals surface area contributed by atoms with E-state index < -0.39 is 0 Å². The van der Waals surface area contributed by atoms with Crippen LogP contribution in [-0.4, -0.2) is 24.9 Å². The molecule has 0 atom stereocenters. The van der Waals surface area contributed by atoms with Crippen molar-refractivity contribution in [3.63, 3.8) is 0 Å². The molecule has 0 unspecified atom stereocenters. The molecule has 0 aliphatic heterocycles. The molecule has 0 bridgehead atoms. The zero-order chi connectivity index (χ0) is 31.2. The van der Waals surface area contributed by atoms with Crippen LogP contribution in [0.25, 0.3) is 87.8 Å². The van der Waals surface area contributed by atoms with Gasteiger partial charge in [0.15, 0.2) is 17.5 Å². The summed E-state index contributed by atoms with van der Waals surface area (Å²) in [4.78, 5) is 24.9. The first-order valence-corrected chi connectivity index (χ1v) is 16.2. The van der Waals surface area contributed by atoms with Gasteiger partial charge in [-0.05, 0) is 29.7 Å². The maximum atomic E-state index is 5.27. The smallest absolute Gasteiger partial charge is 0.164 e. The van der Waals surface area contributed by atoms with Crippen molar-refractivity contribution in [2.45, 2.75) is 0 Å². The van der Waals surface area contributed by atoms with Gasteiger partial charge in [-0.15, -0.1) is 11.3 Å². The molecular formula is C41H25N5S. The molecule has 0 radical (unpaired) electrons. The van der Waals surface area contributed by atoms with Crippen molar-refractivity contribution in [1.29, 1.82) is 0 Å². The predicted molar refractivity (Wildman–Crippen MR) is 193 cm³/mol. The van der Waals surface area contributed by atoms with Crippen LogP contribution in [-0.2, 0) is 0 Å². The molecule has 0 aliphatic rings. The molecular weight excluding hydrogens is 595 g/mol. The van der Waals surface area contributed by atoms with Gasteiger partial charge in [-0.1, -0.05) is 121 Å². The summed E-state index contributed by atoms with van der Waals surface area (Å²) in [5, 5.41) is 4.62. The average Bonchev–Trinajstić information content (AvgIpc) is 3.53. The van der Waals surface area contributed by atoms with Gasteiger partial charge >= 0.3 is 0 Å². The van der Waals surface area contributed by atoms with Crippen LogP contribution in [0.1, 0.15) is 0 Å². The zero-order valence-corrected chi connectivity index (χ0v) is 25.9. The summed E-state index contributed by atoms with van der Waals surface area (Å²) in [5.74, 6) is 1.87. The average molecular weight is 620 g/mol. The lowest BCUT2D eigenvalue weighted by atomic mass is 10.00. The van der Waals surface area contributed by atoms with Gasteiger partial charge in [-0.25, -0.2) is 19.9 Å². The molecule has 0 amide bonds. The largest absolute Gasteiger partial charge is 0.253 e. The first kappa shape index (κ1) is 27.2. The fourth-order valence-electron chi connectivity index (χ4n) is 6.06. The Labute approximate surface area is 275 Å². The number of benzene rings is 5. The molecule has 47 heavy (non-hydrogen) atoms. The van der Waals surface area contributed by atoms with E-state index in [4.69, 9.17) is 24.9 Å². The second-order valence-electron chi connectivity index (χ2n) is 11.4. The summed E-state index contributed by atoms with van der Waals surface area (Å²) in [5.41, 5.74) is 6.31. The molecule has 0 N–H and O–H groups in total. The van der Waals surface area contributed by atoms with Crippen molar-refractivity contribution in [3.05, 3.63) is 152 Å². The fraction of sp³-hybridized carbons (Fsp3) is 0. The topological polar surface area (TPSA) is 64.5 Å². The fourth-order valence-corrected chi connectivity index (χ4v) is 7.12. The number of aromatic nitrogens is 5. The van der Waals surface area contributed by atoms with E-state index in [-0.39, 0.29) is 0 Å². The van der Waals surface area contributed by atoms with Crippen LogP contribution in [0.5, 0.6) is 0 Å². The minimum absolute atomic E-state index is 0.608. The Kier molecular flexibility index (Phi) is 6.58. The summed E-state index contributed by atoms with van der Waals surface area (Å²) in [6.07, 6.45) is 1.97. The van der Waals surface area contributed by atoms with Crippen LogP contribution < -0.4 is 0 Å². The lowest BCUT2D eigenvalue weighted by Gasteiger charge is -2.12. The molecule has 0 saturated heterocycles. The number of pyridine rings is 2. The minimum atomic E-state index is 0.608. The van der Waals surface area contributed by atoms with Crippen LogP contribution in [0.2, 0.25) is 0 Å². The monoisotopic (exact) mass is 619 g/mol. The molecule has 0 saturated carbocycles. The lowest BCUT2D eigenvalue weighted by Crippen LogP contribution is -2.00. The third-order valence-corrected chi connectivity index (χ3v) is 9.48. The van der Waals surface area contributed by atoms with Crippen LogP contribution in [0.4, 0.5) is 0 Å². The van der Waals surface area contributed by atoms with E-state index in [2.05, 4.69) is 72.8 Å². The van der Waals surface area contributed by atoms with Crippen molar-refractivity contribution >= 4 is 42.3 Å². The van der Waals surface area contributed by atoms with E-state index in [9.17, 15) is 0 Å². The van der Waals surface area contributed by atoms with E-state index in [1.807, 2.05) is 79.0 Å². The second kappa shape index (κ2) is 11.4. The summed E-state index contributed by atoms with van der Waals surface area (Å²) in [6.45, 7) is 0. The first-order chi connectivity index (χ1) is 23.3. The van der Waals surface area contributed by atoms with Crippen LogP contribution in [0, 0.1) is 0 Å². The van der Waals surface area contributed by atoms with E-state index in [0.717, 1.165) is 50.1 Å². The van der Waals surface area contributed by atoms with Crippen molar-refractivity contribution < 1.29 is 0 Å². The maximum absolute atomic E-state index is 5.27. The molecule has 4 heterocycles. The van der Waals surface area contributed by atoms with Crippen molar-refractivity contribution in [2.75, 3.05) is 0 Å². The van der Waals surface area contributed by atoms with Crippen LogP contribution >= 0.6 is 11.3 Å². The van der Waals surface area contributed by atoms with Crippen molar-refractivity contribution in [2.24, 2.45) is 0 Å². The predicted octanol–water partition coefficient (Wildman–Crippen LogP) is 10.5. The Hall–Kier alpha value is -6.11. The summed E-state index contributed by atoms with van der Waals surface area (Å²) < 4.78 is 2.43. The Bertz CT molecular complexity index is 2520. The van der Waals surface area contributed by atoms with E-state index in [1.165, 1.54) is 20.2 Å². The minimum Gasteiger partial charge on any atom is -0.253 e. The van der Waals surface area contributed by atoms with Gasteiger partial charge in [0, 0.05) is 49.3 Å². The third kappa shape index (κ3) is 5.01. The van der Waals surface area contributed by atoms with Gasteiger partial charge in [-0.2, -0.15) is 0 Å². The van der Waals surface area contributed by atoms with Gasteiger partial charge in [-0.3, -0.25) is 4.98 Å². The Balaban J connectivity index is 1.20. The molecule has 6 heteroatoms. The van der Waals surface area contributed by atoms with Crippen LogP contribution in [0.3, 0.4) is 0 Å². The lowest BCUT2D eigenvalue weighted by molar-refractivity contribution is 1.07. The molecule has 5 nitrogen and oxygen atoms in total. The highest BCUT2D eigenvalue weighted by Crippen LogP contribution is 2.37. The van der Waals surface area contributed by atoms with Gasteiger partial charge in [0.25, 0.3) is 0 Å². The second-order valence-corrected chi connectivity index (χ2v) is 12.4. The van der Waals surface area contributed by atoms with E-state index in [1.54, 1.807) is 11.3 Å². The first-order valence-electron chi connectivity index (χ1n) is 15.4. The SMILES string of the molecule is c1ccc(-c2nc(-c3ccccc3)nc(-c3cccc(-c4nc(-c5cc6c(cn5)sc5ccccc56)cc5ccccc45)c3)n2)cc1. The van der Waals surface area contributed by atoms with Gasteiger partial charge in [0.05, 0.1) is 21.8 Å². The van der Waals surface area contributed by atoms with E-state index >= 15 is 0 Å². The quantitative estimate of drug-likeness (QED) is 0.192. The van der Waals surface area contributed by atoms with Gasteiger partial charge in [0.1, 0.15) is 0 Å². The maximum Gasteiger partial charge on any atom is 0.164 e. The summed E-state index contributed by atoms with van der Waals surface area (Å²) >= 11 is 1.77. The molecule has 5 aromatic carbocycles. The Morgan fingerprint density at radius 2 is 0.979 bits per heavy atom. The highest BCUT2D eigenvalue weighted by Gasteiger charge is 2.16. The number of hydrogen-bond acceptors (Lipinski definition) is 6. The van der Waals surface area contributed by atoms with Crippen molar-refractivity contribution in [3.8, 4) is 56.8 Å². The van der Waals surface area contributed by atoms with Crippen LogP contribution in [0.15, 0.2) is 152 Å². The number of thiophene rings is 1. The number of nitrogens with zero attached hydrogens (tertiary/aromatic N) is 5. The summed E-state index contributed by atoms with van der Waals surface area (Å²) in [6, 6.07) is 49.6. The van der Waals surface area contributed by atoms with Gasteiger partial charge in [0.2, 0.25) is 0 Å². The number of hydrogen-bond donors (Lipinski definition) is 0. The zero-order valence-electron chi connectivity index (χ0n) is 25.1. The highest BCUT2D eigenvalue weighted by molar-refractivity contribution is 7.25.